The predicted molar refractivity (Wildman–Crippen MR) is 77.3 cm³/mol. The van der Waals surface area contributed by atoms with E-state index in [1.165, 1.54) is 6.33 Å². The fourth-order valence-corrected chi connectivity index (χ4v) is 2.35. The van der Waals surface area contributed by atoms with E-state index >= 15 is 0 Å². The maximum Gasteiger partial charge on any atom is 0.242 e. The van der Waals surface area contributed by atoms with Crippen molar-refractivity contribution in [3.63, 3.8) is 0 Å². The van der Waals surface area contributed by atoms with Crippen LogP contribution in [0.3, 0.4) is 0 Å². The maximum absolute atomic E-state index is 5.37. The van der Waals surface area contributed by atoms with Gasteiger partial charge >= 0.3 is 0 Å². The monoisotopic (exact) mass is 287 g/mol. The highest BCUT2D eigenvalue weighted by Gasteiger charge is 2.12. The largest absolute Gasteiger partial charge is 0.479 e. The van der Waals surface area contributed by atoms with E-state index in [4.69, 9.17) is 17.0 Å². The molecule has 0 fully saturated rings. The topological polar surface area (TPSA) is 68.6 Å². The van der Waals surface area contributed by atoms with Crippen LogP contribution in [-0.4, -0.2) is 31.6 Å². The SMILES string of the molecule is COc1ncnc2c1[nH]c(=S)n2Cc1ccncc1C. The van der Waals surface area contributed by atoms with E-state index in [0.29, 0.717) is 22.7 Å². The van der Waals surface area contributed by atoms with Gasteiger partial charge in [-0.3, -0.25) is 9.55 Å². The van der Waals surface area contributed by atoms with Gasteiger partial charge in [0.2, 0.25) is 5.88 Å². The van der Waals surface area contributed by atoms with Gasteiger partial charge in [-0.1, -0.05) is 0 Å². The number of aryl methyl sites for hydroxylation is 1. The maximum atomic E-state index is 5.37. The van der Waals surface area contributed by atoms with E-state index in [-0.39, 0.29) is 0 Å². The number of methoxy groups -OCH3 is 1. The molecule has 0 aliphatic heterocycles. The van der Waals surface area contributed by atoms with Crippen molar-refractivity contribution in [2.45, 2.75) is 13.5 Å². The summed E-state index contributed by atoms with van der Waals surface area (Å²) < 4.78 is 7.74. The standard InChI is InChI=1S/C13H13N5OS/c1-8-5-14-4-3-9(8)6-18-11-10(17-13(18)20)12(19-2)16-7-15-11/h3-5,7H,6H2,1-2H3,(H,17,20). The third-order valence-corrected chi connectivity index (χ3v) is 3.51. The molecule has 102 valence electrons. The Kier molecular flexibility index (Phi) is 3.19. The first-order valence-electron chi connectivity index (χ1n) is 6.07. The Balaban J connectivity index is 2.15. The fourth-order valence-electron chi connectivity index (χ4n) is 2.10. The second-order valence-corrected chi connectivity index (χ2v) is 4.79. The summed E-state index contributed by atoms with van der Waals surface area (Å²) in [5.74, 6) is 0.492. The quantitative estimate of drug-likeness (QED) is 0.748. The minimum atomic E-state index is 0.492. The van der Waals surface area contributed by atoms with E-state index in [1.807, 2.05) is 23.8 Å². The molecule has 0 aromatic carbocycles. The molecule has 3 heterocycles. The van der Waals surface area contributed by atoms with Gasteiger partial charge in [0.15, 0.2) is 10.4 Å². The minimum Gasteiger partial charge on any atom is -0.479 e. The molecule has 0 saturated carbocycles. The molecule has 3 aromatic heterocycles. The minimum absolute atomic E-state index is 0.492. The number of nitrogens with one attached hydrogen (secondary N) is 1. The van der Waals surface area contributed by atoms with Crippen molar-refractivity contribution in [1.82, 2.24) is 24.5 Å². The lowest BCUT2D eigenvalue weighted by Crippen LogP contribution is -2.03. The van der Waals surface area contributed by atoms with E-state index in [1.54, 1.807) is 13.3 Å². The second-order valence-electron chi connectivity index (χ2n) is 4.40. The van der Waals surface area contributed by atoms with E-state index in [2.05, 4.69) is 19.9 Å². The van der Waals surface area contributed by atoms with Gasteiger partial charge in [0.1, 0.15) is 11.8 Å². The summed E-state index contributed by atoms with van der Waals surface area (Å²) in [5.41, 5.74) is 3.71. The van der Waals surface area contributed by atoms with Crippen molar-refractivity contribution < 1.29 is 4.74 Å². The highest BCUT2D eigenvalue weighted by Crippen LogP contribution is 2.21. The van der Waals surface area contributed by atoms with E-state index in [9.17, 15) is 0 Å². The number of ether oxygens (including phenoxy) is 1. The van der Waals surface area contributed by atoms with Gasteiger partial charge in [0, 0.05) is 12.4 Å². The summed E-state index contributed by atoms with van der Waals surface area (Å²) in [6.07, 6.45) is 5.08. The number of hydrogen-bond acceptors (Lipinski definition) is 5. The average molecular weight is 287 g/mol. The van der Waals surface area contributed by atoms with E-state index in [0.717, 1.165) is 16.8 Å². The zero-order valence-corrected chi connectivity index (χ0v) is 11.9. The first-order valence-corrected chi connectivity index (χ1v) is 6.48. The van der Waals surface area contributed by atoms with Gasteiger partial charge in [0.25, 0.3) is 0 Å². The number of nitrogens with zero attached hydrogens (tertiary/aromatic N) is 4. The Morgan fingerprint density at radius 1 is 1.40 bits per heavy atom. The fraction of sp³-hybridized carbons (Fsp3) is 0.231. The van der Waals surface area contributed by atoms with Crippen LogP contribution in [0.4, 0.5) is 0 Å². The number of H-pyrrole nitrogens is 1. The van der Waals surface area contributed by atoms with Gasteiger partial charge in [0.05, 0.1) is 13.7 Å². The Morgan fingerprint density at radius 2 is 2.25 bits per heavy atom. The number of imidazole rings is 1. The van der Waals surface area contributed by atoms with E-state index < -0.39 is 0 Å². The normalized spacial score (nSPS) is 10.9. The molecule has 0 spiro atoms. The lowest BCUT2D eigenvalue weighted by molar-refractivity contribution is 0.401. The molecule has 0 atom stereocenters. The number of rotatable bonds is 3. The molecule has 3 aromatic rings. The molecule has 0 unspecified atom stereocenters. The van der Waals surface area contributed by atoms with Crippen LogP contribution >= 0.6 is 12.2 Å². The summed E-state index contributed by atoms with van der Waals surface area (Å²) >= 11 is 5.37. The molecule has 0 radical (unpaired) electrons. The van der Waals surface area contributed by atoms with Gasteiger partial charge in [-0.2, -0.15) is 4.98 Å². The number of hydrogen-bond donors (Lipinski definition) is 1. The Bertz CT molecular complexity index is 823. The average Bonchev–Trinajstić information content (AvgIpc) is 2.77. The molecule has 1 N–H and O–H groups in total. The molecule has 6 nitrogen and oxygen atoms in total. The number of aromatic amines is 1. The molecule has 0 bridgehead atoms. The molecule has 3 rings (SSSR count). The lowest BCUT2D eigenvalue weighted by Gasteiger charge is -2.07. The van der Waals surface area contributed by atoms with Crippen molar-refractivity contribution in [1.29, 1.82) is 0 Å². The van der Waals surface area contributed by atoms with Crippen LogP contribution in [0.2, 0.25) is 0 Å². The van der Waals surface area contributed by atoms with Crippen molar-refractivity contribution in [3.8, 4) is 5.88 Å². The van der Waals surface area contributed by atoms with Crippen molar-refractivity contribution >= 4 is 23.4 Å². The van der Waals surface area contributed by atoms with Crippen LogP contribution in [0.1, 0.15) is 11.1 Å². The summed E-state index contributed by atoms with van der Waals surface area (Å²) in [4.78, 5) is 15.6. The zero-order chi connectivity index (χ0) is 14.1. The van der Waals surface area contributed by atoms with Crippen LogP contribution in [0.25, 0.3) is 11.2 Å². The Morgan fingerprint density at radius 3 is 3.00 bits per heavy atom. The third-order valence-electron chi connectivity index (χ3n) is 3.18. The predicted octanol–water partition coefficient (Wildman–Crippen LogP) is 2.25. The van der Waals surface area contributed by atoms with Crippen LogP contribution < -0.4 is 4.74 Å². The molecule has 0 aliphatic rings. The molecule has 7 heteroatoms. The van der Waals surface area contributed by atoms with Crippen molar-refractivity contribution in [3.05, 3.63) is 40.7 Å². The van der Waals surface area contributed by atoms with Crippen LogP contribution in [0.15, 0.2) is 24.8 Å². The third kappa shape index (κ3) is 2.05. The number of aromatic nitrogens is 5. The van der Waals surface area contributed by atoms with Gasteiger partial charge < -0.3 is 9.72 Å². The van der Waals surface area contributed by atoms with Gasteiger partial charge in [-0.15, -0.1) is 0 Å². The number of fused-ring (bicyclic) bond motifs is 1. The Hall–Kier alpha value is -2.28. The smallest absolute Gasteiger partial charge is 0.242 e. The second kappa shape index (κ2) is 5.01. The molecule has 0 amide bonds. The van der Waals surface area contributed by atoms with Crippen LogP contribution in [-0.2, 0) is 6.54 Å². The van der Waals surface area contributed by atoms with Crippen LogP contribution in [0.5, 0.6) is 5.88 Å². The first kappa shape index (κ1) is 12.7. The summed E-state index contributed by atoms with van der Waals surface area (Å²) in [6.45, 7) is 2.66. The van der Waals surface area contributed by atoms with Gasteiger partial charge in [-0.05, 0) is 36.3 Å². The molecule has 20 heavy (non-hydrogen) atoms. The zero-order valence-electron chi connectivity index (χ0n) is 11.1. The molecular weight excluding hydrogens is 274 g/mol. The summed E-state index contributed by atoms with van der Waals surface area (Å²) in [6, 6.07) is 1.98. The van der Waals surface area contributed by atoms with Gasteiger partial charge in [-0.25, -0.2) is 4.98 Å². The number of pyridine rings is 1. The highest BCUT2D eigenvalue weighted by molar-refractivity contribution is 7.71. The lowest BCUT2D eigenvalue weighted by atomic mass is 10.1. The van der Waals surface area contributed by atoms with Crippen molar-refractivity contribution in [2.24, 2.45) is 0 Å². The summed E-state index contributed by atoms with van der Waals surface area (Å²) in [7, 11) is 1.57. The van der Waals surface area contributed by atoms with Crippen molar-refractivity contribution in [2.75, 3.05) is 7.11 Å². The molecule has 0 aliphatic carbocycles. The Labute approximate surface area is 120 Å². The van der Waals surface area contributed by atoms with Crippen LogP contribution in [0, 0.1) is 11.7 Å². The molecular formula is C13H13N5OS. The highest BCUT2D eigenvalue weighted by atomic mass is 32.1. The molecule has 0 saturated heterocycles. The first-order chi connectivity index (χ1) is 9.70. The summed E-state index contributed by atoms with van der Waals surface area (Å²) in [5, 5.41) is 0.